The lowest BCUT2D eigenvalue weighted by atomic mass is 10.2. The van der Waals surface area contributed by atoms with Crippen molar-refractivity contribution in [1.82, 2.24) is 20.2 Å². The van der Waals surface area contributed by atoms with Crippen molar-refractivity contribution in [2.24, 2.45) is 0 Å². The SMILES string of the molecule is CC(Cn1ccnc1)NC(=O)NCc1ccc(OC2CCCC2)cc1. The number of aromatic nitrogens is 2. The molecule has 0 aliphatic heterocycles. The molecule has 0 bridgehead atoms. The third-order valence-electron chi connectivity index (χ3n) is 4.40. The lowest BCUT2D eigenvalue weighted by Gasteiger charge is -2.15. The third-order valence-corrected chi connectivity index (χ3v) is 4.40. The van der Waals surface area contributed by atoms with Crippen molar-refractivity contribution in [2.45, 2.75) is 57.8 Å². The van der Waals surface area contributed by atoms with Gasteiger partial charge in [0.1, 0.15) is 5.75 Å². The van der Waals surface area contributed by atoms with E-state index in [4.69, 9.17) is 4.74 Å². The molecule has 1 saturated carbocycles. The maximum absolute atomic E-state index is 12.0. The average Bonchev–Trinajstić information content (AvgIpc) is 3.28. The second-order valence-electron chi connectivity index (χ2n) is 6.66. The van der Waals surface area contributed by atoms with E-state index in [9.17, 15) is 4.79 Å². The summed E-state index contributed by atoms with van der Waals surface area (Å²) in [5, 5.41) is 5.81. The van der Waals surface area contributed by atoms with Gasteiger partial charge in [0.2, 0.25) is 0 Å². The average molecular weight is 342 g/mol. The van der Waals surface area contributed by atoms with E-state index in [1.807, 2.05) is 42.0 Å². The Balaban J connectivity index is 1.39. The Morgan fingerprint density at radius 2 is 2.08 bits per heavy atom. The molecule has 2 amide bonds. The summed E-state index contributed by atoms with van der Waals surface area (Å²) in [5.41, 5.74) is 1.05. The zero-order valence-corrected chi connectivity index (χ0v) is 14.6. The van der Waals surface area contributed by atoms with Crippen molar-refractivity contribution in [3.05, 3.63) is 48.5 Å². The second kappa shape index (κ2) is 8.55. The van der Waals surface area contributed by atoms with E-state index < -0.39 is 0 Å². The Hall–Kier alpha value is -2.50. The van der Waals surface area contributed by atoms with Crippen LogP contribution in [0.25, 0.3) is 0 Å². The van der Waals surface area contributed by atoms with Gasteiger partial charge in [-0.3, -0.25) is 0 Å². The van der Waals surface area contributed by atoms with Gasteiger partial charge in [-0.25, -0.2) is 9.78 Å². The van der Waals surface area contributed by atoms with Crippen LogP contribution >= 0.6 is 0 Å². The number of nitrogens with one attached hydrogen (secondary N) is 2. The van der Waals surface area contributed by atoms with E-state index >= 15 is 0 Å². The predicted octanol–water partition coefficient (Wildman–Crippen LogP) is 3.09. The highest BCUT2D eigenvalue weighted by Gasteiger charge is 2.16. The summed E-state index contributed by atoms with van der Waals surface area (Å²) < 4.78 is 7.89. The lowest BCUT2D eigenvalue weighted by Crippen LogP contribution is -2.42. The molecule has 2 N–H and O–H groups in total. The minimum atomic E-state index is -0.168. The molecule has 3 rings (SSSR count). The number of hydrogen-bond donors (Lipinski definition) is 2. The van der Waals surface area contributed by atoms with E-state index in [1.165, 1.54) is 12.8 Å². The molecule has 134 valence electrons. The number of ether oxygens (including phenoxy) is 1. The fraction of sp³-hybridized carbons (Fsp3) is 0.474. The maximum atomic E-state index is 12.0. The number of nitrogens with zero attached hydrogens (tertiary/aromatic N) is 2. The van der Waals surface area contributed by atoms with Crippen LogP contribution in [0, 0.1) is 0 Å². The number of hydrogen-bond acceptors (Lipinski definition) is 3. The third kappa shape index (κ3) is 5.52. The fourth-order valence-electron chi connectivity index (χ4n) is 3.10. The molecule has 1 atom stereocenters. The predicted molar refractivity (Wildman–Crippen MR) is 96.4 cm³/mol. The molecule has 0 saturated heterocycles. The minimum Gasteiger partial charge on any atom is -0.490 e. The summed E-state index contributed by atoms with van der Waals surface area (Å²) in [4.78, 5) is 16.0. The molecular formula is C19H26N4O2. The topological polar surface area (TPSA) is 68.2 Å². The molecule has 25 heavy (non-hydrogen) atoms. The van der Waals surface area contributed by atoms with Crippen molar-refractivity contribution < 1.29 is 9.53 Å². The molecule has 1 aromatic heterocycles. The first kappa shape index (κ1) is 17.3. The van der Waals surface area contributed by atoms with E-state index in [0.29, 0.717) is 19.2 Å². The van der Waals surface area contributed by atoms with Crippen molar-refractivity contribution in [3.63, 3.8) is 0 Å². The summed E-state index contributed by atoms with van der Waals surface area (Å²) in [6.45, 7) is 3.16. The van der Waals surface area contributed by atoms with E-state index in [2.05, 4.69) is 15.6 Å². The molecule has 1 aliphatic rings. The van der Waals surface area contributed by atoms with Crippen LogP contribution in [0.1, 0.15) is 38.2 Å². The molecular weight excluding hydrogens is 316 g/mol. The largest absolute Gasteiger partial charge is 0.490 e. The molecule has 1 aliphatic carbocycles. The van der Waals surface area contributed by atoms with E-state index in [-0.39, 0.29) is 12.1 Å². The van der Waals surface area contributed by atoms with Gasteiger partial charge in [-0.15, -0.1) is 0 Å². The maximum Gasteiger partial charge on any atom is 0.315 e. The first-order valence-corrected chi connectivity index (χ1v) is 8.95. The first-order valence-electron chi connectivity index (χ1n) is 8.95. The molecule has 1 unspecified atom stereocenters. The number of urea groups is 1. The Kier molecular flexibility index (Phi) is 5.93. The molecule has 1 aromatic carbocycles. The van der Waals surface area contributed by atoms with Crippen LogP contribution in [0.4, 0.5) is 4.79 Å². The molecule has 6 nitrogen and oxygen atoms in total. The molecule has 1 heterocycles. The van der Waals surface area contributed by atoms with Crippen molar-refractivity contribution >= 4 is 6.03 Å². The lowest BCUT2D eigenvalue weighted by molar-refractivity contribution is 0.210. The second-order valence-corrected chi connectivity index (χ2v) is 6.66. The van der Waals surface area contributed by atoms with E-state index in [0.717, 1.165) is 24.2 Å². The van der Waals surface area contributed by atoms with Crippen LogP contribution in [0.3, 0.4) is 0 Å². The van der Waals surface area contributed by atoms with Crippen molar-refractivity contribution in [2.75, 3.05) is 0 Å². The van der Waals surface area contributed by atoms with Crippen LogP contribution in [-0.4, -0.2) is 27.7 Å². The smallest absolute Gasteiger partial charge is 0.315 e. The van der Waals surface area contributed by atoms with Gasteiger partial charge in [0.15, 0.2) is 0 Å². The number of carbonyl (C=O) groups excluding carboxylic acids is 1. The number of amides is 2. The Labute approximate surface area is 148 Å². The fourth-order valence-corrected chi connectivity index (χ4v) is 3.10. The first-order chi connectivity index (χ1) is 12.2. The monoisotopic (exact) mass is 342 g/mol. The molecule has 0 radical (unpaired) electrons. The van der Waals surface area contributed by atoms with Crippen LogP contribution in [-0.2, 0) is 13.1 Å². The van der Waals surface area contributed by atoms with Gasteiger partial charge in [0.25, 0.3) is 0 Å². The van der Waals surface area contributed by atoms with Crippen LogP contribution in [0.5, 0.6) is 5.75 Å². The van der Waals surface area contributed by atoms with Gasteiger partial charge in [-0.1, -0.05) is 12.1 Å². The zero-order valence-electron chi connectivity index (χ0n) is 14.6. The van der Waals surface area contributed by atoms with Crippen LogP contribution in [0.15, 0.2) is 43.0 Å². The van der Waals surface area contributed by atoms with Crippen molar-refractivity contribution in [1.29, 1.82) is 0 Å². The number of benzene rings is 1. The quantitative estimate of drug-likeness (QED) is 0.812. The number of imidazole rings is 1. The summed E-state index contributed by atoms with van der Waals surface area (Å²) in [6, 6.07) is 7.82. The van der Waals surface area contributed by atoms with E-state index in [1.54, 1.807) is 12.5 Å². The van der Waals surface area contributed by atoms with Gasteiger partial charge in [-0.05, 0) is 50.3 Å². The standard InChI is InChI=1S/C19H26N4O2/c1-15(13-23-11-10-20-14-23)22-19(24)21-12-16-6-8-18(9-7-16)25-17-4-2-3-5-17/h6-11,14-15,17H,2-5,12-13H2,1H3,(H2,21,22,24). The molecule has 0 spiro atoms. The normalized spacial score (nSPS) is 15.7. The Bertz CT molecular complexity index is 649. The number of carbonyl (C=O) groups is 1. The van der Waals surface area contributed by atoms with Gasteiger partial charge in [0, 0.05) is 31.5 Å². The summed E-state index contributed by atoms with van der Waals surface area (Å²) in [5.74, 6) is 0.911. The summed E-state index contributed by atoms with van der Waals surface area (Å²) in [6.07, 6.45) is 10.6. The molecule has 2 aromatic rings. The Morgan fingerprint density at radius 1 is 1.32 bits per heavy atom. The highest BCUT2D eigenvalue weighted by molar-refractivity contribution is 5.74. The summed E-state index contributed by atoms with van der Waals surface area (Å²) >= 11 is 0. The molecule has 1 fully saturated rings. The zero-order chi connectivity index (χ0) is 17.5. The number of rotatable bonds is 7. The summed E-state index contributed by atoms with van der Waals surface area (Å²) in [7, 11) is 0. The van der Waals surface area contributed by atoms with Gasteiger partial charge >= 0.3 is 6.03 Å². The Morgan fingerprint density at radius 3 is 2.76 bits per heavy atom. The van der Waals surface area contributed by atoms with Gasteiger partial charge in [-0.2, -0.15) is 0 Å². The van der Waals surface area contributed by atoms with Crippen molar-refractivity contribution in [3.8, 4) is 5.75 Å². The van der Waals surface area contributed by atoms with Crippen LogP contribution < -0.4 is 15.4 Å². The van der Waals surface area contributed by atoms with Gasteiger partial charge < -0.3 is 19.9 Å². The highest BCUT2D eigenvalue weighted by atomic mass is 16.5. The minimum absolute atomic E-state index is 0.0244. The highest BCUT2D eigenvalue weighted by Crippen LogP contribution is 2.24. The van der Waals surface area contributed by atoms with Gasteiger partial charge in [0.05, 0.1) is 12.4 Å². The molecule has 6 heteroatoms. The van der Waals surface area contributed by atoms with Crippen LogP contribution in [0.2, 0.25) is 0 Å².